The summed E-state index contributed by atoms with van der Waals surface area (Å²) in [5, 5.41) is 3.04. The number of ether oxygens (including phenoxy) is 1. The van der Waals surface area contributed by atoms with Crippen molar-refractivity contribution in [2.24, 2.45) is 0 Å². The van der Waals surface area contributed by atoms with E-state index in [4.69, 9.17) is 4.74 Å². The van der Waals surface area contributed by atoms with Crippen molar-refractivity contribution in [3.8, 4) is 5.75 Å². The van der Waals surface area contributed by atoms with E-state index in [1.807, 2.05) is 0 Å². The van der Waals surface area contributed by atoms with Gasteiger partial charge in [-0.1, -0.05) is 0 Å². The molecule has 0 amide bonds. The molecule has 4 rings (SSSR count). The van der Waals surface area contributed by atoms with Gasteiger partial charge >= 0.3 is 0 Å². The molecular formula is C19H20N6O3S. The summed E-state index contributed by atoms with van der Waals surface area (Å²) in [5.41, 5.74) is 1.30. The van der Waals surface area contributed by atoms with Gasteiger partial charge in [-0.05, 0) is 43.2 Å². The molecule has 0 aliphatic carbocycles. The van der Waals surface area contributed by atoms with Crippen LogP contribution >= 0.6 is 0 Å². The summed E-state index contributed by atoms with van der Waals surface area (Å²) >= 11 is 0. The van der Waals surface area contributed by atoms with Gasteiger partial charge in [0.1, 0.15) is 12.1 Å². The number of aromatic nitrogens is 4. The Bertz CT molecular complexity index is 1080. The van der Waals surface area contributed by atoms with Gasteiger partial charge in [0.25, 0.3) is 0 Å². The summed E-state index contributed by atoms with van der Waals surface area (Å²) in [5.74, 6) is 0.976. The number of sulfonamides is 1. The monoisotopic (exact) mass is 412 g/mol. The molecule has 1 N–H and O–H groups in total. The topological polar surface area (TPSA) is 110 Å². The Balaban J connectivity index is 1.60. The first-order valence-corrected chi connectivity index (χ1v) is 10.5. The highest BCUT2D eigenvalue weighted by Gasteiger charge is 2.37. The van der Waals surface area contributed by atoms with Crippen LogP contribution in [0.2, 0.25) is 0 Å². The van der Waals surface area contributed by atoms with Gasteiger partial charge in [-0.25, -0.2) is 28.4 Å². The van der Waals surface area contributed by atoms with Crippen LogP contribution in [0, 0.1) is 0 Å². The van der Waals surface area contributed by atoms with Crippen LogP contribution in [0.15, 0.2) is 60.1 Å². The van der Waals surface area contributed by atoms with Crippen LogP contribution < -0.4 is 10.1 Å². The smallest absolute Gasteiger partial charge is 0.243 e. The predicted octanol–water partition coefficient (Wildman–Crippen LogP) is 2.54. The van der Waals surface area contributed by atoms with E-state index >= 15 is 0 Å². The average Bonchev–Trinajstić information content (AvgIpc) is 3.26. The van der Waals surface area contributed by atoms with Crippen LogP contribution in [-0.4, -0.2) is 46.3 Å². The van der Waals surface area contributed by atoms with Gasteiger partial charge in [0.05, 0.1) is 41.8 Å². The lowest BCUT2D eigenvalue weighted by atomic mass is 10.1. The van der Waals surface area contributed by atoms with Crippen LogP contribution in [0.5, 0.6) is 5.75 Å². The van der Waals surface area contributed by atoms with Crippen molar-refractivity contribution in [2.75, 3.05) is 19.0 Å². The number of rotatable bonds is 6. The predicted molar refractivity (Wildman–Crippen MR) is 106 cm³/mol. The van der Waals surface area contributed by atoms with Gasteiger partial charge in [0, 0.05) is 12.7 Å². The summed E-state index contributed by atoms with van der Waals surface area (Å²) in [6.45, 7) is 0.443. The highest BCUT2D eigenvalue weighted by atomic mass is 32.2. The average molecular weight is 412 g/mol. The minimum Gasteiger partial charge on any atom is -0.497 e. The quantitative estimate of drug-likeness (QED) is 0.658. The van der Waals surface area contributed by atoms with E-state index in [-0.39, 0.29) is 10.9 Å². The minimum atomic E-state index is -3.66. The van der Waals surface area contributed by atoms with E-state index in [2.05, 4.69) is 25.3 Å². The Kier molecular flexibility index (Phi) is 5.36. The molecule has 1 fully saturated rings. The van der Waals surface area contributed by atoms with Crippen LogP contribution in [0.1, 0.15) is 24.6 Å². The molecule has 3 aromatic rings. The van der Waals surface area contributed by atoms with Crippen molar-refractivity contribution in [2.45, 2.75) is 23.8 Å². The number of hydrogen-bond donors (Lipinski definition) is 1. The van der Waals surface area contributed by atoms with Crippen molar-refractivity contribution in [3.63, 3.8) is 0 Å². The molecule has 1 unspecified atom stereocenters. The fourth-order valence-electron chi connectivity index (χ4n) is 3.32. The molecule has 9 nitrogen and oxygen atoms in total. The summed E-state index contributed by atoms with van der Waals surface area (Å²) in [4.78, 5) is 16.9. The third-order valence-corrected chi connectivity index (χ3v) is 6.63. The first-order chi connectivity index (χ1) is 14.1. The fraction of sp³-hybridized carbons (Fsp3) is 0.263. The maximum Gasteiger partial charge on any atom is 0.243 e. The van der Waals surface area contributed by atoms with E-state index in [1.54, 1.807) is 56.0 Å². The Morgan fingerprint density at radius 1 is 1.14 bits per heavy atom. The summed E-state index contributed by atoms with van der Waals surface area (Å²) in [7, 11) is -2.11. The van der Waals surface area contributed by atoms with Gasteiger partial charge in [0.2, 0.25) is 16.0 Å². The number of nitrogens with one attached hydrogen (secondary N) is 1. The third kappa shape index (κ3) is 4.03. The zero-order valence-corrected chi connectivity index (χ0v) is 16.6. The largest absolute Gasteiger partial charge is 0.497 e. The first-order valence-electron chi connectivity index (χ1n) is 9.09. The molecule has 29 heavy (non-hydrogen) atoms. The second kappa shape index (κ2) is 8.10. The zero-order valence-electron chi connectivity index (χ0n) is 15.8. The normalized spacial score (nSPS) is 17.2. The van der Waals surface area contributed by atoms with E-state index in [9.17, 15) is 8.42 Å². The molecule has 0 bridgehead atoms. The fourth-order valence-corrected chi connectivity index (χ4v) is 4.99. The lowest BCUT2D eigenvalue weighted by molar-refractivity contribution is 0.390. The molecule has 1 aliphatic rings. The molecule has 1 saturated heterocycles. The Labute approximate surface area is 168 Å². The molecule has 0 saturated carbocycles. The third-order valence-electron chi connectivity index (χ3n) is 4.70. The summed E-state index contributed by atoms with van der Waals surface area (Å²) in [6.07, 6.45) is 7.73. The van der Waals surface area contributed by atoms with Gasteiger partial charge in [-0.15, -0.1) is 0 Å². The Morgan fingerprint density at radius 3 is 2.62 bits per heavy atom. The maximum atomic E-state index is 13.2. The van der Waals surface area contributed by atoms with Crippen molar-refractivity contribution < 1.29 is 13.2 Å². The molecule has 1 atom stereocenters. The summed E-state index contributed by atoms with van der Waals surface area (Å²) in [6, 6.07) is 7.81. The van der Waals surface area contributed by atoms with Gasteiger partial charge in [-0.2, -0.15) is 4.31 Å². The summed E-state index contributed by atoms with van der Waals surface area (Å²) < 4.78 is 33.0. The second-order valence-electron chi connectivity index (χ2n) is 6.51. The van der Waals surface area contributed by atoms with E-state index in [1.165, 1.54) is 10.6 Å². The van der Waals surface area contributed by atoms with Crippen molar-refractivity contribution in [3.05, 3.63) is 60.9 Å². The number of benzene rings is 1. The number of anilines is 2. The Hall–Kier alpha value is -3.11. The van der Waals surface area contributed by atoms with Gasteiger partial charge in [-0.3, -0.25) is 0 Å². The molecule has 0 spiro atoms. The standard InChI is InChI=1S/C19H20N6O3S/c1-28-15-4-6-16(7-5-15)29(26,27)25-10-2-3-18(25)17-8-9-22-19(24-17)23-14-11-20-13-21-12-14/h4-9,11-13,18H,2-3,10H2,1H3,(H,22,23,24). The molecule has 0 radical (unpaired) electrons. The molecule has 1 aliphatic heterocycles. The maximum absolute atomic E-state index is 13.2. The highest BCUT2D eigenvalue weighted by molar-refractivity contribution is 7.89. The molecule has 1 aromatic carbocycles. The molecule has 3 heterocycles. The number of nitrogens with zero attached hydrogens (tertiary/aromatic N) is 5. The first kappa shape index (κ1) is 19.2. The molecular weight excluding hydrogens is 392 g/mol. The lowest BCUT2D eigenvalue weighted by Crippen LogP contribution is -2.31. The van der Waals surface area contributed by atoms with E-state index in [0.29, 0.717) is 36.0 Å². The molecule has 10 heteroatoms. The number of hydrogen-bond acceptors (Lipinski definition) is 8. The van der Waals surface area contributed by atoms with Gasteiger partial charge in [0.15, 0.2) is 0 Å². The minimum absolute atomic E-state index is 0.235. The lowest BCUT2D eigenvalue weighted by Gasteiger charge is -2.24. The van der Waals surface area contributed by atoms with Crippen LogP contribution in [0.3, 0.4) is 0 Å². The van der Waals surface area contributed by atoms with Crippen molar-refractivity contribution in [1.29, 1.82) is 0 Å². The number of methoxy groups -OCH3 is 1. The zero-order chi connectivity index (χ0) is 20.3. The van der Waals surface area contributed by atoms with Crippen LogP contribution in [-0.2, 0) is 10.0 Å². The van der Waals surface area contributed by atoms with Crippen molar-refractivity contribution >= 4 is 21.7 Å². The van der Waals surface area contributed by atoms with E-state index in [0.717, 1.165) is 6.42 Å². The highest BCUT2D eigenvalue weighted by Crippen LogP contribution is 2.36. The SMILES string of the molecule is COc1ccc(S(=O)(=O)N2CCCC2c2ccnc(Nc3cncnc3)n2)cc1. The Morgan fingerprint density at radius 2 is 1.90 bits per heavy atom. The van der Waals surface area contributed by atoms with Crippen LogP contribution in [0.25, 0.3) is 0 Å². The second-order valence-corrected chi connectivity index (χ2v) is 8.40. The van der Waals surface area contributed by atoms with E-state index < -0.39 is 10.0 Å². The molecule has 2 aromatic heterocycles. The molecule has 150 valence electrons. The van der Waals surface area contributed by atoms with Crippen molar-refractivity contribution in [1.82, 2.24) is 24.2 Å². The van der Waals surface area contributed by atoms with Crippen LogP contribution in [0.4, 0.5) is 11.6 Å². The van der Waals surface area contributed by atoms with Gasteiger partial charge < -0.3 is 10.1 Å².